The Morgan fingerprint density at radius 2 is 2.24 bits per heavy atom. The Morgan fingerprint density at radius 3 is 2.88 bits per heavy atom. The van der Waals surface area contributed by atoms with Crippen LogP contribution in [0.5, 0.6) is 0 Å². The van der Waals surface area contributed by atoms with Crippen LogP contribution < -0.4 is 4.90 Å². The monoisotopic (exact) mass is 235 g/mol. The van der Waals surface area contributed by atoms with Crippen molar-refractivity contribution in [2.75, 3.05) is 24.7 Å². The molecule has 1 saturated heterocycles. The van der Waals surface area contributed by atoms with Gasteiger partial charge in [0.1, 0.15) is 0 Å². The van der Waals surface area contributed by atoms with E-state index in [0.717, 1.165) is 16.8 Å². The minimum Gasteiger partial charge on any atom is -0.449 e. The van der Waals surface area contributed by atoms with E-state index in [9.17, 15) is 4.79 Å². The summed E-state index contributed by atoms with van der Waals surface area (Å²) in [6.07, 6.45) is -0.332. The fourth-order valence-electron chi connectivity index (χ4n) is 2.07. The lowest BCUT2D eigenvalue weighted by atomic mass is 10.1. The summed E-state index contributed by atoms with van der Waals surface area (Å²) in [6.45, 7) is 4.84. The Hall–Kier alpha value is -1.55. The third kappa shape index (κ3) is 2.42. The van der Waals surface area contributed by atoms with E-state index in [1.165, 1.54) is 0 Å². The van der Waals surface area contributed by atoms with Crippen molar-refractivity contribution in [1.82, 2.24) is 0 Å². The third-order valence-electron chi connectivity index (χ3n) is 3.00. The summed E-state index contributed by atoms with van der Waals surface area (Å²) < 4.78 is 5.06. The summed E-state index contributed by atoms with van der Waals surface area (Å²) in [4.78, 5) is 13.3. The molecule has 1 unspecified atom stereocenters. The molecule has 4 nitrogen and oxygen atoms in total. The van der Waals surface area contributed by atoms with Gasteiger partial charge in [-0.25, -0.2) is 4.79 Å². The predicted molar refractivity (Wildman–Crippen MR) is 65.2 cm³/mol. The molecule has 4 heteroatoms. The Morgan fingerprint density at radius 1 is 1.47 bits per heavy atom. The van der Waals surface area contributed by atoms with E-state index in [-0.39, 0.29) is 18.6 Å². The lowest BCUT2D eigenvalue weighted by Gasteiger charge is -2.32. The van der Waals surface area contributed by atoms with Crippen LogP contribution in [0.1, 0.15) is 11.1 Å². The smallest absolute Gasteiger partial charge is 0.414 e. The molecule has 1 heterocycles. The number of aryl methyl sites for hydroxylation is 2. The van der Waals surface area contributed by atoms with Crippen LogP contribution in [0.15, 0.2) is 18.2 Å². The Kier molecular flexibility index (Phi) is 3.33. The molecule has 0 spiro atoms. The molecule has 17 heavy (non-hydrogen) atoms. The highest BCUT2D eigenvalue weighted by molar-refractivity contribution is 5.89. The van der Waals surface area contributed by atoms with Crippen molar-refractivity contribution in [2.45, 2.75) is 13.8 Å². The zero-order chi connectivity index (χ0) is 12.4. The zero-order valence-electron chi connectivity index (χ0n) is 10.1. The summed E-state index contributed by atoms with van der Waals surface area (Å²) in [5, 5.41) is 9.14. The van der Waals surface area contributed by atoms with E-state index in [2.05, 4.69) is 0 Å². The third-order valence-corrected chi connectivity index (χ3v) is 3.00. The van der Waals surface area contributed by atoms with Gasteiger partial charge in [0.15, 0.2) is 0 Å². The number of nitrogens with zero attached hydrogens (tertiary/aromatic N) is 1. The van der Waals surface area contributed by atoms with Crippen LogP contribution in [0.2, 0.25) is 0 Å². The minimum absolute atomic E-state index is 0.00611. The molecule has 1 amide bonds. The molecular weight excluding hydrogens is 218 g/mol. The van der Waals surface area contributed by atoms with E-state index in [1.54, 1.807) is 4.90 Å². The Bertz CT molecular complexity index is 431. The minimum atomic E-state index is -0.332. The number of hydrogen-bond donors (Lipinski definition) is 1. The first-order valence-electron chi connectivity index (χ1n) is 5.74. The first kappa shape index (κ1) is 11.9. The lowest BCUT2D eigenvalue weighted by Crippen LogP contribution is -2.44. The van der Waals surface area contributed by atoms with E-state index < -0.39 is 0 Å². The molecular formula is C13H17NO3. The average Bonchev–Trinajstić information content (AvgIpc) is 2.30. The van der Waals surface area contributed by atoms with Gasteiger partial charge in [-0.2, -0.15) is 0 Å². The topological polar surface area (TPSA) is 49.8 Å². The second-order valence-electron chi connectivity index (χ2n) is 4.53. The van der Waals surface area contributed by atoms with Gasteiger partial charge < -0.3 is 9.84 Å². The number of carbonyl (C=O) groups is 1. The summed E-state index contributed by atoms with van der Waals surface area (Å²) in [5.41, 5.74) is 3.06. The fraction of sp³-hybridized carbons (Fsp3) is 0.462. The van der Waals surface area contributed by atoms with E-state index in [1.807, 2.05) is 32.0 Å². The molecule has 0 aromatic heterocycles. The van der Waals surface area contributed by atoms with Crippen LogP contribution in [0.25, 0.3) is 0 Å². The molecule has 1 aromatic carbocycles. The van der Waals surface area contributed by atoms with Gasteiger partial charge in [0, 0.05) is 18.2 Å². The van der Waals surface area contributed by atoms with Crippen LogP contribution in [-0.2, 0) is 4.74 Å². The molecule has 1 atom stereocenters. The standard InChI is InChI=1S/C13H17NO3/c1-9-3-4-12(10(2)5-9)14-6-11(7-15)8-17-13(14)16/h3-5,11,15H,6-8H2,1-2H3. The molecule has 0 aliphatic carbocycles. The van der Waals surface area contributed by atoms with E-state index >= 15 is 0 Å². The summed E-state index contributed by atoms with van der Waals surface area (Å²) in [5.74, 6) is -0.00611. The Balaban J connectivity index is 2.27. The number of cyclic esters (lactones) is 1. The molecule has 1 aromatic rings. The number of hydrogen-bond acceptors (Lipinski definition) is 3. The lowest BCUT2D eigenvalue weighted by molar-refractivity contribution is 0.0899. The van der Waals surface area contributed by atoms with Gasteiger partial charge in [0.05, 0.1) is 13.2 Å². The summed E-state index contributed by atoms with van der Waals surface area (Å²) in [7, 11) is 0. The largest absolute Gasteiger partial charge is 0.449 e. The number of aliphatic hydroxyl groups is 1. The normalized spacial score (nSPS) is 20.3. The maximum Gasteiger partial charge on any atom is 0.414 e. The number of ether oxygens (including phenoxy) is 1. The van der Waals surface area contributed by atoms with E-state index in [0.29, 0.717) is 13.2 Å². The predicted octanol–water partition coefficient (Wildman–Crippen LogP) is 1.87. The van der Waals surface area contributed by atoms with Gasteiger partial charge in [0.25, 0.3) is 0 Å². The highest BCUT2D eigenvalue weighted by Crippen LogP contribution is 2.25. The van der Waals surface area contributed by atoms with Crippen LogP contribution >= 0.6 is 0 Å². The van der Waals surface area contributed by atoms with Gasteiger partial charge >= 0.3 is 6.09 Å². The van der Waals surface area contributed by atoms with Crippen molar-refractivity contribution in [3.8, 4) is 0 Å². The van der Waals surface area contributed by atoms with Crippen molar-refractivity contribution < 1.29 is 14.6 Å². The van der Waals surface area contributed by atoms with Crippen LogP contribution in [0.4, 0.5) is 10.5 Å². The number of anilines is 1. The molecule has 0 radical (unpaired) electrons. The molecule has 1 N–H and O–H groups in total. The quantitative estimate of drug-likeness (QED) is 0.851. The highest BCUT2D eigenvalue weighted by atomic mass is 16.6. The van der Waals surface area contributed by atoms with Crippen LogP contribution in [0.3, 0.4) is 0 Å². The summed E-state index contributed by atoms with van der Waals surface area (Å²) in [6, 6.07) is 5.93. The van der Waals surface area contributed by atoms with Crippen molar-refractivity contribution in [3.63, 3.8) is 0 Å². The van der Waals surface area contributed by atoms with Gasteiger partial charge in [-0.15, -0.1) is 0 Å². The molecule has 1 aliphatic rings. The first-order valence-corrected chi connectivity index (χ1v) is 5.74. The SMILES string of the molecule is Cc1ccc(N2CC(CO)COC2=O)c(C)c1. The maximum absolute atomic E-state index is 11.7. The number of carbonyl (C=O) groups excluding carboxylic acids is 1. The molecule has 2 rings (SSSR count). The number of aliphatic hydroxyl groups excluding tert-OH is 1. The molecule has 92 valence electrons. The zero-order valence-corrected chi connectivity index (χ0v) is 10.1. The van der Waals surface area contributed by atoms with Crippen molar-refractivity contribution in [3.05, 3.63) is 29.3 Å². The fourth-order valence-corrected chi connectivity index (χ4v) is 2.07. The van der Waals surface area contributed by atoms with Crippen LogP contribution in [-0.4, -0.2) is 31.0 Å². The molecule has 1 aliphatic heterocycles. The second kappa shape index (κ2) is 4.75. The van der Waals surface area contributed by atoms with Crippen molar-refractivity contribution in [2.24, 2.45) is 5.92 Å². The highest BCUT2D eigenvalue weighted by Gasteiger charge is 2.28. The number of rotatable bonds is 2. The Labute approximate surface area is 101 Å². The van der Waals surface area contributed by atoms with E-state index in [4.69, 9.17) is 9.84 Å². The van der Waals surface area contributed by atoms with Gasteiger partial charge in [-0.1, -0.05) is 17.7 Å². The molecule has 1 fully saturated rings. The first-order chi connectivity index (χ1) is 8.11. The van der Waals surface area contributed by atoms with Gasteiger partial charge in [-0.3, -0.25) is 4.90 Å². The summed E-state index contributed by atoms with van der Waals surface area (Å²) >= 11 is 0. The molecule has 0 bridgehead atoms. The maximum atomic E-state index is 11.7. The number of amides is 1. The number of benzene rings is 1. The molecule has 0 saturated carbocycles. The van der Waals surface area contributed by atoms with Crippen molar-refractivity contribution in [1.29, 1.82) is 0 Å². The average molecular weight is 235 g/mol. The van der Waals surface area contributed by atoms with Crippen molar-refractivity contribution >= 4 is 11.8 Å². The van der Waals surface area contributed by atoms with Crippen LogP contribution in [0, 0.1) is 19.8 Å². The van der Waals surface area contributed by atoms with Gasteiger partial charge in [0.2, 0.25) is 0 Å². The van der Waals surface area contributed by atoms with Gasteiger partial charge in [-0.05, 0) is 25.5 Å². The second-order valence-corrected chi connectivity index (χ2v) is 4.53.